The highest BCUT2D eigenvalue weighted by Crippen LogP contribution is 2.06. The molecule has 0 aliphatic heterocycles. The fourth-order valence-corrected chi connectivity index (χ4v) is 2.07. The molecule has 0 aliphatic rings. The van der Waals surface area contributed by atoms with E-state index < -0.39 is 5.69 Å². The van der Waals surface area contributed by atoms with Crippen molar-refractivity contribution in [2.24, 2.45) is 5.73 Å². The normalized spacial score (nSPS) is 10.4. The number of hydrogen-bond donors (Lipinski definition) is 2. The molecule has 0 amide bonds. The van der Waals surface area contributed by atoms with Gasteiger partial charge < -0.3 is 5.73 Å². The number of hydrogen-bond acceptors (Lipinski definition) is 3. The standard InChI is InChI=1S/C14H15N3O2S/c1-2-10-8-17(14(19)16-13(10)18)7-9-4-3-5-11(6-9)12(15)20/h3-6,8H,2,7H2,1H3,(H2,15,20)(H,16,18,19). The van der Waals surface area contributed by atoms with Gasteiger partial charge >= 0.3 is 5.69 Å². The van der Waals surface area contributed by atoms with Crippen LogP contribution in [-0.2, 0) is 13.0 Å². The van der Waals surface area contributed by atoms with Crippen molar-refractivity contribution >= 4 is 17.2 Å². The molecule has 0 saturated carbocycles. The van der Waals surface area contributed by atoms with Crippen molar-refractivity contribution in [1.82, 2.24) is 9.55 Å². The molecule has 0 spiro atoms. The summed E-state index contributed by atoms with van der Waals surface area (Å²) in [7, 11) is 0. The van der Waals surface area contributed by atoms with Crippen LogP contribution in [0.3, 0.4) is 0 Å². The minimum Gasteiger partial charge on any atom is -0.389 e. The third-order valence-corrected chi connectivity index (χ3v) is 3.27. The van der Waals surface area contributed by atoms with E-state index in [9.17, 15) is 9.59 Å². The molecule has 0 bridgehead atoms. The van der Waals surface area contributed by atoms with Gasteiger partial charge in [-0.25, -0.2) is 4.79 Å². The first kappa shape index (κ1) is 14.2. The highest BCUT2D eigenvalue weighted by molar-refractivity contribution is 7.80. The van der Waals surface area contributed by atoms with Crippen LogP contribution in [-0.4, -0.2) is 14.5 Å². The van der Waals surface area contributed by atoms with E-state index in [1.54, 1.807) is 6.20 Å². The molecule has 0 atom stereocenters. The highest BCUT2D eigenvalue weighted by Gasteiger charge is 2.05. The largest absolute Gasteiger partial charge is 0.389 e. The van der Waals surface area contributed by atoms with Gasteiger partial charge in [-0.3, -0.25) is 14.3 Å². The number of nitrogens with zero attached hydrogens (tertiary/aromatic N) is 1. The lowest BCUT2D eigenvalue weighted by Crippen LogP contribution is -2.31. The third kappa shape index (κ3) is 3.03. The second-order valence-corrected chi connectivity index (χ2v) is 4.90. The zero-order valence-corrected chi connectivity index (χ0v) is 11.9. The summed E-state index contributed by atoms with van der Waals surface area (Å²) in [6, 6.07) is 7.37. The molecule has 0 saturated heterocycles. The van der Waals surface area contributed by atoms with E-state index in [4.69, 9.17) is 18.0 Å². The van der Waals surface area contributed by atoms with Crippen LogP contribution >= 0.6 is 12.2 Å². The van der Waals surface area contributed by atoms with E-state index in [1.807, 2.05) is 31.2 Å². The molecule has 2 rings (SSSR count). The van der Waals surface area contributed by atoms with Gasteiger partial charge in [0, 0.05) is 17.3 Å². The molecule has 1 aromatic heterocycles. The minimum atomic E-state index is -0.423. The number of H-pyrrole nitrogens is 1. The van der Waals surface area contributed by atoms with Gasteiger partial charge in [0.25, 0.3) is 5.56 Å². The van der Waals surface area contributed by atoms with Gasteiger partial charge in [-0.1, -0.05) is 37.3 Å². The van der Waals surface area contributed by atoms with Crippen LogP contribution in [0.1, 0.15) is 23.6 Å². The van der Waals surface area contributed by atoms with E-state index in [2.05, 4.69) is 4.98 Å². The predicted octanol–water partition coefficient (Wildman–Crippen LogP) is 0.782. The molecule has 104 valence electrons. The second kappa shape index (κ2) is 5.83. The van der Waals surface area contributed by atoms with Crippen LogP contribution in [0.2, 0.25) is 0 Å². The van der Waals surface area contributed by atoms with Crippen molar-refractivity contribution in [3.8, 4) is 0 Å². The van der Waals surface area contributed by atoms with Crippen LogP contribution in [0.5, 0.6) is 0 Å². The fourth-order valence-electron chi connectivity index (χ4n) is 1.94. The highest BCUT2D eigenvalue weighted by atomic mass is 32.1. The van der Waals surface area contributed by atoms with Crippen LogP contribution in [0, 0.1) is 0 Å². The molecule has 6 heteroatoms. The Labute approximate surface area is 121 Å². The average molecular weight is 289 g/mol. The van der Waals surface area contributed by atoms with Gasteiger partial charge in [0.2, 0.25) is 0 Å². The Bertz CT molecular complexity index is 761. The fraction of sp³-hybridized carbons (Fsp3) is 0.214. The summed E-state index contributed by atoms with van der Waals surface area (Å²) in [6.45, 7) is 2.23. The maximum absolute atomic E-state index is 11.8. The Morgan fingerprint density at radius 2 is 2.15 bits per heavy atom. The summed E-state index contributed by atoms with van der Waals surface area (Å²) >= 11 is 4.93. The number of benzene rings is 1. The van der Waals surface area contributed by atoms with Crippen molar-refractivity contribution in [2.45, 2.75) is 19.9 Å². The zero-order valence-electron chi connectivity index (χ0n) is 11.1. The van der Waals surface area contributed by atoms with Crippen LogP contribution in [0.15, 0.2) is 40.1 Å². The first-order valence-corrected chi connectivity index (χ1v) is 6.63. The molecular weight excluding hydrogens is 274 g/mol. The Balaban J connectivity index is 2.39. The SMILES string of the molecule is CCc1cn(Cc2cccc(C(N)=S)c2)c(=O)[nH]c1=O. The lowest BCUT2D eigenvalue weighted by Gasteiger charge is -2.08. The maximum Gasteiger partial charge on any atom is 0.328 e. The summed E-state index contributed by atoms with van der Waals surface area (Å²) in [5.74, 6) is 0. The summed E-state index contributed by atoms with van der Waals surface area (Å²) in [5.41, 5.74) is 7.06. The lowest BCUT2D eigenvalue weighted by atomic mass is 10.1. The van der Waals surface area contributed by atoms with Crippen LogP contribution in [0.4, 0.5) is 0 Å². The van der Waals surface area contributed by atoms with Crippen molar-refractivity contribution in [2.75, 3.05) is 0 Å². The minimum absolute atomic E-state index is 0.315. The molecule has 1 aromatic carbocycles. The smallest absolute Gasteiger partial charge is 0.328 e. The number of nitrogens with two attached hydrogens (primary N) is 1. The van der Waals surface area contributed by atoms with Crippen LogP contribution < -0.4 is 17.0 Å². The first-order valence-electron chi connectivity index (χ1n) is 6.22. The molecule has 5 nitrogen and oxygen atoms in total. The Morgan fingerprint density at radius 3 is 2.80 bits per heavy atom. The van der Waals surface area contributed by atoms with Gasteiger partial charge in [-0.05, 0) is 18.1 Å². The van der Waals surface area contributed by atoms with Crippen molar-refractivity contribution < 1.29 is 0 Å². The summed E-state index contributed by atoms with van der Waals surface area (Å²) < 4.78 is 1.47. The lowest BCUT2D eigenvalue weighted by molar-refractivity contribution is 0.707. The molecule has 20 heavy (non-hydrogen) atoms. The Morgan fingerprint density at radius 1 is 1.40 bits per heavy atom. The molecule has 0 aliphatic carbocycles. The van der Waals surface area contributed by atoms with E-state index in [-0.39, 0.29) is 5.56 Å². The van der Waals surface area contributed by atoms with E-state index in [0.717, 1.165) is 11.1 Å². The van der Waals surface area contributed by atoms with Gasteiger partial charge in [-0.2, -0.15) is 0 Å². The first-order chi connectivity index (χ1) is 9.51. The van der Waals surface area contributed by atoms with Gasteiger partial charge in [0.05, 0.1) is 6.54 Å². The number of nitrogens with one attached hydrogen (secondary N) is 1. The number of thiocarbonyl (C=S) groups is 1. The number of aryl methyl sites for hydroxylation is 1. The molecule has 2 aromatic rings. The van der Waals surface area contributed by atoms with Gasteiger partial charge in [0.1, 0.15) is 4.99 Å². The molecule has 3 N–H and O–H groups in total. The number of aromatic nitrogens is 2. The topological polar surface area (TPSA) is 80.9 Å². The average Bonchev–Trinajstić information content (AvgIpc) is 2.42. The van der Waals surface area contributed by atoms with E-state index in [1.165, 1.54) is 4.57 Å². The van der Waals surface area contributed by atoms with Crippen LogP contribution in [0.25, 0.3) is 0 Å². The summed E-state index contributed by atoms with van der Waals surface area (Å²) in [6.07, 6.45) is 2.16. The molecule has 0 fully saturated rings. The molecule has 0 radical (unpaired) electrons. The second-order valence-electron chi connectivity index (χ2n) is 4.46. The molecule has 0 unspecified atom stereocenters. The monoisotopic (exact) mass is 289 g/mol. The Kier molecular flexibility index (Phi) is 4.14. The summed E-state index contributed by atoms with van der Waals surface area (Å²) in [5, 5.41) is 0. The maximum atomic E-state index is 11.8. The molecule has 1 heterocycles. The predicted molar refractivity (Wildman–Crippen MR) is 82.1 cm³/mol. The number of aromatic amines is 1. The summed E-state index contributed by atoms with van der Waals surface area (Å²) in [4.78, 5) is 25.9. The molecular formula is C14H15N3O2S. The van der Waals surface area contributed by atoms with Crippen molar-refractivity contribution in [3.63, 3.8) is 0 Å². The van der Waals surface area contributed by atoms with E-state index >= 15 is 0 Å². The van der Waals surface area contributed by atoms with Gasteiger partial charge in [-0.15, -0.1) is 0 Å². The zero-order chi connectivity index (χ0) is 14.7. The number of rotatable bonds is 4. The quantitative estimate of drug-likeness (QED) is 0.815. The Hall–Kier alpha value is -2.21. The third-order valence-electron chi connectivity index (χ3n) is 3.03. The van der Waals surface area contributed by atoms with Crippen molar-refractivity contribution in [3.05, 3.63) is 68.0 Å². The van der Waals surface area contributed by atoms with Crippen molar-refractivity contribution in [1.29, 1.82) is 0 Å². The van der Waals surface area contributed by atoms with E-state index in [0.29, 0.717) is 23.5 Å². The van der Waals surface area contributed by atoms with Gasteiger partial charge in [0.15, 0.2) is 0 Å².